The molecular formula is C40H31N3. The van der Waals surface area contributed by atoms with E-state index in [1.165, 1.54) is 16.3 Å². The van der Waals surface area contributed by atoms with Crippen molar-refractivity contribution in [2.45, 2.75) is 6.92 Å². The Morgan fingerprint density at radius 1 is 0.488 bits per heavy atom. The van der Waals surface area contributed by atoms with Gasteiger partial charge in [-0.05, 0) is 55.0 Å². The first-order valence-electron chi connectivity index (χ1n) is 14.6. The van der Waals surface area contributed by atoms with Crippen molar-refractivity contribution in [1.82, 2.24) is 4.68 Å². The molecule has 7 rings (SSSR count). The Bertz CT molecular complexity index is 1950. The van der Waals surface area contributed by atoms with E-state index >= 15 is 0 Å². The predicted molar refractivity (Wildman–Crippen MR) is 182 cm³/mol. The summed E-state index contributed by atoms with van der Waals surface area (Å²) in [6.45, 7) is 2.15. The van der Waals surface area contributed by atoms with Gasteiger partial charge in [-0.2, -0.15) is 5.10 Å². The Kier molecular flexibility index (Phi) is 7.12. The summed E-state index contributed by atoms with van der Waals surface area (Å²) in [5, 5.41) is 7.54. The summed E-state index contributed by atoms with van der Waals surface area (Å²) in [4.78, 5) is 2.27. The minimum atomic E-state index is 1.02. The molecule has 6 aromatic carbocycles. The molecule has 1 heterocycles. The highest BCUT2D eigenvalue weighted by Crippen LogP contribution is 2.40. The first kappa shape index (κ1) is 26.2. The van der Waals surface area contributed by atoms with Crippen molar-refractivity contribution in [3.63, 3.8) is 0 Å². The van der Waals surface area contributed by atoms with Crippen LogP contribution in [-0.4, -0.2) is 10.9 Å². The molecule has 0 spiro atoms. The number of aromatic nitrogens is 1. The van der Waals surface area contributed by atoms with E-state index in [-0.39, 0.29) is 0 Å². The van der Waals surface area contributed by atoms with E-state index in [0.717, 1.165) is 45.1 Å². The molecule has 0 saturated carbocycles. The Balaban J connectivity index is 1.34. The van der Waals surface area contributed by atoms with E-state index in [1.54, 1.807) is 0 Å². The fourth-order valence-electron chi connectivity index (χ4n) is 5.70. The maximum absolute atomic E-state index is 5.16. The molecular weight excluding hydrogens is 522 g/mol. The summed E-state index contributed by atoms with van der Waals surface area (Å²) in [5.74, 6) is 0. The number of aryl methyl sites for hydroxylation is 1. The van der Waals surface area contributed by atoms with Crippen molar-refractivity contribution in [1.29, 1.82) is 0 Å². The second-order valence-electron chi connectivity index (χ2n) is 10.6. The molecule has 0 amide bonds. The molecule has 0 fully saturated rings. The lowest BCUT2D eigenvalue weighted by molar-refractivity contribution is 0.917. The van der Waals surface area contributed by atoms with Crippen LogP contribution in [-0.2, 0) is 0 Å². The van der Waals surface area contributed by atoms with Crippen molar-refractivity contribution >= 4 is 34.0 Å². The van der Waals surface area contributed by atoms with Crippen LogP contribution in [0.5, 0.6) is 0 Å². The van der Waals surface area contributed by atoms with Gasteiger partial charge < -0.3 is 4.90 Å². The molecule has 0 aliphatic carbocycles. The van der Waals surface area contributed by atoms with Gasteiger partial charge in [0, 0.05) is 39.0 Å². The first-order valence-corrected chi connectivity index (χ1v) is 14.6. The third-order valence-corrected chi connectivity index (χ3v) is 7.71. The SMILES string of the molecule is Cc1ccc2c(-c3ccccc3)n(N=Cc3ccc(N(c4ccccc4)c4ccccc4)cc3)c(-c3ccccc3)c2c1. The fraction of sp³-hybridized carbons (Fsp3) is 0.0250. The van der Waals surface area contributed by atoms with Crippen LogP contribution in [0.25, 0.3) is 33.3 Å². The topological polar surface area (TPSA) is 20.5 Å². The highest BCUT2D eigenvalue weighted by Gasteiger charge is 2.19. The lowest BCUT2D eigenvalue weighted by atomic mass is 10.0. The molecule has 206 valence electrons. The standard InChI is InChI=1S/C40H31N3/c1-30-22-27-37-38(28-30)40(33-16-8-3-9-17-33)43(39(37)32-14-6-2-7-15-32)41-29-31-23-25-36(26-24-31)42(34-18-10-4-11-19-34)35-20-12-5-13-21-35/h2-29H,1H3. The van der Waals surface area contributed by atoms with E-state index in [2.05, 4.69) is 168 Å². The first-order chi connectivity index (χ1) is 21.3. The van der Waals surface area contributed by atoms with E-state index in [0.29, 0.717) is 0 Å². The summed E-state index contributed by atoms with van der Waals surface area (Å²) in [7, 11) is 0. The van der Waals surface area contributed by atoms with Crippen molar-refractivity contribution in [2.75, 3.05) is 4.90 Å². The van der Waals surface area contributed by atoms with E-state index < -0.39 is 0 Å². The van der Waals surface area contributed by atoms with E-state index in [4.69, 9.17) is 5.10 Å². The highest BCUT2D eigenvalue weighted by atomic mass is 15.4. The quantitative estimate of drug-likeness (QED) is 0.180. The van der Waals surface area contributed by atoms with Gasteiger partial charge in [0.05, 0.1) is 17.6 Å². The minimum absolute atomic E-state index is 1.02. The van der Waals surface area contributed by atoms with Gasteiger partial charge in [-0.3, -0.25) is 0 Å². The Hall–Kier alpha value is -5.67. The Morgan fingerprint density at radius 3 is 1.49 bits per heavy atom. The van der Waals surface area contributed by atoms with Gasteiger partial charge in [0.25, 0.3) is 0 Å². The summed E-state index contributed by atoms with van der Waals surface area (Å²) in [5.41, 5.74) is 10.0. The van der Waals surface area contributed by atoms with Crippen LogP contribution in [0.1, 0.15) is 11.1 Å². The largest absolute Gasteiger partial charge is 0.311 e. The number of nitrogens with zero attached hydrogens (tertiary/aromatic N) is 3. The summed E-state index contributed by atoms with van der Waals surface area (Å²) < 4.78 is 2.11. The number of para-hydroxylation sites is 2. The fourth-order valence-corrected chi connectivity index (χ4v) is 5.70. The van der Waals surface area contributed by atoms with Crippen LogP contribution in [0.3, 0.4) is 0 Å². The zero-order valence-corrected chi connectivity index (χ0v) is 24.0. The van der Waals surface area contributed by atoms with E-state index in [1.807, 2.05) is 18.3 Å². The number of hydrogen-bond acceptors (Lipinski definition) is 2. The zero-order valence-electron chi connectivity index (χ0n) is 24.0. The molecule has 43 heavy (non-hydrogen) atoms. The van der Waals surface area contributed by atoms with Crippen LogP contribution in [0.4, 0.5) is 17.1 Å². The van der Waals surface area contributed by atoms with Crippen molar-refractivity contribution in [3.8, 4) is 22.5 Å². The van der Waals surface area contributed by atoms with Gasteiger partial charge in [-0.25, -0.2) is 4.68 Å². The molecule has 0 aliphatic rings. The Morgan fingerprint density at radius 2 is 0.953 bits per heavy atom. The van der Waals surface area contributed by atoms with Gasteiger partial charge in [0.15, 0.2) is 0 Å². The summed E-state index contributed by atoms with van der Waals surface area (Å²) in [6, 6.07) is 57.3. The molecule has 3 nitrogen and oxygen atoms in total. The molecule has 0 saturated heterocycles. The highest BCUT2D eigenvalue weighted by molar-refractivity contribution is 6.06. The van der Waals surface area contributed by atoms with Gasteiger partial charge in [-0.1, -0.05) is 127 Å². The molecule has 3 heteroatoms. The predicted octanol–water partition coefficient (Wildman–Crippen LogP) is 10.6. The van der Waals surface area contributed by atoms with Gasteiger partial charge in [-0.15, -0.1) is 0 Å². The third kappa shape index (κ3) is 5.25. The van der Waals surface area contributed by atoms with Crippen molar-refractivity contribution in [3.05, 3.63) is 175 Å². The lowest BCUT2D eigenvalue weighted by Gasteiger charge is -2.25. The molecule has 0 aliphatic heterocycles. The zero-order chi connectivity index (χ0) is 29.0. The van der Waals surface area contributed by atoms with Gasteiger partial charge in [0.2, 0.25) is 0 Å². The van der Waals surface area contributed by atoms with Gasteiger partial charge in [0.1, 0.15) is 0 Å². The summed E-state index contributed by atoms with van der Waals surface area (Å²) >= 11 is 0. The lowest BCUT2D eigenvalue weighted by Crippen LogP contribution is -2.09. The number of benzene rings is 6. The molecule has 0 N–H and O–H groups in total. The smallest absolute Gasteiger partial charge is 0.0804 e. The molecule has 0 radical (unpaired) electrons. The molecule has 1 aromatic heterocycles. The maximum Gasteiger partial charge on any atom is 0.0804 e. The van der Waals surface area contributed by atoms with Crippen LogP contribution in [0.15, 0.2) is 169 Å². The summed E-state index contributed by atoms with van der Waals surface area (Å²) in [6.07, 6.45) is 1.96. The number of anilines is 3. The second-order valence-corrected chi connectivity index (χ2v) is 10.6. The Labute approximate surface area is 252 Å². The van der Waals surface area contributed by atoms with E-state index in [9.17, 15) is 0 Å². The van der Waals surface area contributed by atoms with Crippen molar-refractivity contribution < 1.29 is 0 Å². The average molecular weight is 554 g/mol. The van der Waals surface area contributed by atoms with Crippen LogP contribution in [0, 0.1) is 6.92 Å². The monoisotopic (exact) mass is 553 g/mol. The normalized spacial score (nSPS) is 11.3. The van der Waals surface area contributed by atoms with Crippen molar-refractivity contribution in [2.24, 2.45) is 5.10 Å². The molecule has 7 aromatic rings. The molecule has 0 bridgehead atoms. The second kappa shape index (κ2) is 11.7. The van der Waals surface area contributed by atoms with Crippen LogP contribution in [0.2, 0.25) is 0 Å². The minimum Gasteiger partial charge on any atom is -0.311 e. The number of rotatable bonds is 7. The molecule has 0 atom stereocenters. The number of fused-ring (bicyclic) bond motifs is 1. The van der Waals surface area contributed by atoms with Crippen LogP contribution < -0.4 is 4.90 Å². The number of hydrogen-bond donors (Lipinski definition) is 0. The van der Waals surface area contributed by atoms with Crippen LogP contribution >= 0.6 is 0 Å². The maximum atomic E-state index is 5.16. The van der Waals surface area contributed by atoms with Gasteiger partial charge >= 0.3 is 0 Å². The molecule has 0 unspecified atom stereocenters. The average Bonchev–Trinajstić information content (AvgIpc) is 3.39. The third-order valence-electron chi connectivity index (χ3n) is 7.71.